The van der Waals surface area contributed by atoms with E-state index >= 15 is 0 Å². The van der Waals surface area contributed by atoms with E-state index in [1.165, 1.54) is 0 Å². The van der Waals surface area contributed by atoms with Crippen molar-refractivity contribution in [3.8, 4) is 0 Å². The molecule has 0 aromatic heterocycles. The van der Waals surface area contributed by atoms with Crippen LogP contribution in [0.25, 0.3) is 0 Å². The van der Waals surface area contributed by atoms with E-state index in [9.17, 15) is 9.59 Å². The van der Waals surface area contributed by atoms with Gasteiger partial charge in [0.05, 0.1) is 5.56 Å². The fraction of sp³-hybridized carbons (Fsp3) is 0.467. The molecule has 1 fully saturated rings. The highest BCUT2D eigenvalue weighted by Crippen LogP contribution is 2.14. The van der Waals surface area contributed by atoms with Gasteiger partial charge in [-0.2, -0.15) is 0 Å². The van der Waals surface area contributed by atoms with Crippen LogP contribution >= 0.6 is 0 Å². The quantitative estimate of drug-likeness (QED) is 0.751. The minimum atomic E-state index is -0.942. The van der Waals surface area contributed by atoms with Crippen LogP contribution in [0.15, 0.2) is 24.3 Å². The summed E-state index contributed by atoms with van der Waals surface area (Å²) in [6, 6.07) is 6.75. The number of hydrogen-bond acceptors (Lipinski definition) is 3. The van der Waals surface area contributed by atoms with Gasteiger partial charge in [-0.05, 0) is 36.9 Å². The van der Waals surface area contributed by atoms with Gasteiger partial charge in [0.15, 0.2) is 0 Å². The fourth-order valence-corrected chi connectivity index (χ4v) is 2.57. The SMILES string of the molecule is NCC1CCN(C(=O)NCCc2ccccc2C(=O)O)C1. The number of aromatic carboxylic acids is 1. The first-order valence-electron chi connectivity index (χ1n) is 7.16. The van der Waals surface area contributed by atoms with E-state index in [-0.39, 0.29) is 11.6 Å². The third-order valence-electron chi connectivity index (χ3n) is 3.82. The average molecular weight is 291 g/mol. The second-order valence-corrected chi connectivity index (χ2v) is 5.28. The van der Waals surface area contributed by atoms with E-state index in [0.717, 1.165) is 18.5 Å². The first-order valence-corrected chi connectivity index (χ1v) is 7.16. The van der Waals surface area contributed by atoms with Crippen LogP contribution < -0.4 is 11.1 Å². The van der Waals surface area contributed by atoms with E-state index in [2.05, 4.69) is 5.32 Å². The van der Waals surface area contributed by atoms with Crippen LogP contribution in [-0.4, -0.2) is 48.2 Å². The van der Waals surface area contributed by atoms with Gasteiger partial charge < -0.3 is 21.1 Å². The number of hydrogen-bond donors (Lipinski definition) is 3. The lowest BCUT2D eigenvalue weighted by Crippen LogP contribution is -2.39. The fourth-order valence-electron chi connectivity index (χ4n) is 2.57. The van der Waals surface area contributed by atoms with E-state index in [0.29, 0.717) is 32.0 Å². The van der Waals surface area contributed by atoms with Crippen molar-refractivity contribution in [1.82, 2.24) is 10.2 Å². The zero-order valence-corrected chi connectivity index (χ0v) is 11.9. The van der Waals surface area contributed by atoms with Gasteiger partial charge in [-0.3, -0.25) is 0 Å². The molecule has 0 spiro atoms. The van der Waals surface area contributed by atoms with Crippen molar-refractivity contribution in [2.45, 2.75) is 12.8 Å². The van der Waals surface area contributed by atoms with Crippen molar-refractivity contribution in [2.24, 2.45) is 11.7 Å². The summed E-state index contributed by atoms with van der Waals surface area (Å²) in [5.74, 6) is -0.550. The van der Waals surface area contributed by atoms with Crippen molar-refractivity contribution in [3.63, 3.8) is 0 Å². The highest BCUT2D eigenvalue weighted by atomic mass is 16.4. The Labute approximate surface area is 123 Å². The molecule has 1 saturated heterocycles. The van der Waals surface area contributed by atoms with Gasteiger partial charge in [0.2, 0.25) is 0 Å². The first-order chi connectivity index (χ1) is 10.1. The lowest BCUT2D eigenvalue weighted by atomic mass is 10.0. The standard InChI is InChI=1S/C15H21N3O3/c16-9-11-6-8-18(10-11)15(21)17-7-5-12-3-1-2-4-13(12)14(19)20/h1-4,11H,5-10,16H2,(H,17,21)(H,19,20). The molecular formula is C15H21N3O3. The summed E-state index contributed by atoms with van der Waals surface area (Å²) in [4.78, 5) is 24.8. The largest absolute Gasteiger partial charge is 0.478 e. The molecule has 1 aromatic rings. The molecule has 1 aromatic carbocycles. The maximum absolute atomic E-state index is 12.0. The Morgan fingerprint density at radius 1 is 1.38 bits per heavy atom. The summed E-state index contributed by atoms with van der Waals surface area (Å²) in [6.45, 7) is 2.47. The number of carboxylic acids is 1. The van der Waals surface area contributed by atoms with Crippen LogP contribution in [0.2, 0.25) is 0 Å². The van der Waals surface area contributed by atoms with E-state index in [1.54, 1.807) is 29.2 Å². The van der Waals surface area contributed by atoms with Gasteiger partial charge in [0.25, 0.3) is 0 Å². The number of nitrogens with one attached hydrogen (secondary N) is 1. The van der Waals surface area contributed by atoms with Crippen molar-refractivity contribution in [3.05, 3.63) is 35.4 Å². The van der Waals surface area contributed by atoms with Crippen molar-refractivity contribution in [1.29, 1.82) is 0 Å². The molecule has 114 valence electrons. The molecule has 1 aliphatic rings. The Balaban J connectivity index is 1.82. The van der Waals surface area contributed by atoms with Gasteiger partial charge in [-0.1, -0.05) is 18.2 Å². The molecule has 1 aliphatic heterocycles. The molecule has 1 heterocycles. The van der Waals surface area contributed by atoms with Gasteiger partial charge in [-0.15, -0.1) is 0 Å². The molecule has 6 nitrogen and oxygen atoms in total. The minimum absolute atomic E-state index is 0.0984. The summed E-state index contributed by atoms with van der Waals surface area (Å²) in [6.07, 6.45) is 1.45. The predicted molar refractivity (Wildman–Crippen MR) is 79.2 cm³/mol. The normalized spacial score (nSPS) is 17.8. The first kappa shape index (κ1) is 15.3. The van der Waals surface area contributed by atoms with Gasteiger partial charge in [0.1, 0.15) is 0 Å². The number of benzene rings is 1. The molecule has 0 bridgehead atoms. The number of nitrogens with two attached hydrogens (primary N) is 1. The number of urea groups is 1. The summed E-state index contributed by atoms with van der Waals surface area (Å²) in [5.41, 5.74) is 6.62. The summed E-state index contributed by atoms with van der Waals surface area (Å²) < 4.78 is 0. The lowest BCUT2D eigenvalue weighted by molar-refractivity contribution is 0.0695. The lowest BCUT2D eigenvalue weighted by Gasteiger charge is -2.17. The van der Waals surface area contributed by atoms with E-state index < -0.39 is 5.97 Å². The molecule has 21 heavy (non-hydrogen) atoms. The number of rotatable bonds is 5. The molecule has 4 N–H and O–H groups in total. The van der Waals surface area contributed by atoms with Crippen LogP contribution in [-0.2, 0) is 6.42 Å². The van der Waals surface area contributed by atoms with Crippen LogP contribution in [0.1, 0.15) is 22.3 Å². The zero-order valence-electron chi connectivity index (χ0n) is 11.9. The van der Waals surface area contributed by atoms with Gasteiger partial charge in [0, 0.05) is 19.6 Å². The van der Waals surface area contributed by atoms with Gasteiger partial charge in [-0.25, -0.2) is 9.59 Å². The summed E-state index contributed by atoms with van der Waals surface area (Å²) >= 11 is 0. The van der Waals surface area contributed by atoms with E-state index in [4.69, 9.17) is 10.8 Å². The van der Waals surface area contributed by atoms with Crippen molar-refractivity contribution >= 4 is 12.0 Å². The number of nitrogens with zero attached hydrogens (tertiary/aromatic N) is 1. The van der Waals surface area contributed by atoms with Crippen molar-refractivity contribution in [2.75, 3.05) is 26.2 Å². The third-order valence-corrected chi connectivity index (χ3v) is 3.82. The second kappa shape index (κ2) is 7.08. The predicted octanol–water partition coefficient (Wildman–Crippen LogP) is 0.917. The third kappa shape index (κ3) is 3.95. The molecule has 2 rings (SSSR count). The number of carbonyl (C=O) groups excluding carboxylic acids is 1. The maximum atomic E-state index is 12.0. The van der Waals surface area contributed by atoms with Crippen LogP contribution in [0.3, 0.4) is 0 Å². The van der Waals surface area contributed by atoms with Crippen LogP contribution in [0, 0.1) is 5.92 Å². The second-order valence-electron chi connectivity index (χ2n) is 5.28. The smallest absolute Gasteiger partial charge is 0.335 e. The summed E-state index contributed by atoms with van der Waals surface area (Å²) in [5, 5.41) is 11.9. The maximum Gasteiger partial charge on any atom is 0.335 e. The molecule has 0 saturated carbocycles. The highest BCUT2D eigenvalue weighted by molar-refractivity contribution is 5.89. The molecule has 1 unspecified atom stereocenters. The number of amides is 2. The molecule has 0 aliphatic carbocycles. The molecule has 6 heteroatoms. The average Bonchev–Trinajstić information content (AvgIpc) is 2.96. The topological polar surface area (TPSA) is 95.7 Å². The molecule has 0 radical (unpaired) electrons. The summed E-state index contributed by atoms with van der Waals surface area (Å²) in [7, 11) is 0. The Hall–Kier alpha value is -2.08. The zero-order chi connectivity index (χ0) is 15.2. The van der Waals surface area contributed by atoms with E-state index in [1.807, 2.05) is 0 Å². The Bertz CT molecular complexity index is 519. The highest BCUT2D eigenvalue weighted by Gasteiger charge is 2.24. The van der Waals surface area contributed by atoms with Crippen molar-refractivity contribution < 1.29 is 14.7 Å². The number of carbonyl (C=O) groups is 2. The molecule has 2 amide bonds. The van der Waals surface area contributed by atoms with Crippen LogP contribution in [0.5, 0.6) is 0 Å². The van der Waals surface area contributed by atoms with Gasteiger partial charge >= 0.3 is 12.0 Å². The minimum Gasteiger partial charge on any atom is -0.478 e. The van der Waals surface area contributed by atoms with Crippen LogP contribution in [0.4, 0.5) is 4.79 Å². The number of likely N-dealkylation sites (tertiary alicyclic amines) is 1. The Kier molecular flexibility index (Phi) is 5.16. The molecule has 1 atom stereocenters. The Morgan fingerprint density at radius 2 is 2.14 bits per heavy atom. The Morgan fingerprint density at radius 3 is 2.81 bits per heavy atom. The molecular weight excluding hydrogens is 270 g/mol. The monoisotopic (exact) mass is 291 g/mol. The number of carboxylic acid groups (broad SMARTS) is 1.